The van der Waals surface area contributed by atoms with Gasteiger partial charge in [-0.3, -0.25) is 4.79 Å². The number of nitrogens with two attached hydrogens (primary N) is 1. The maximum absolute atomic E-state index is 13.1. The molecule has 1 saturated heterocycles. The van der Waals surface area contributed by atoms with Crippen LogP contribution in [0.5, 0.6) is 11.5 Å². The van der Waals surface area contributed by atoms with Crippen LogP contribution in [-0.4, -0.2) is 36.4 Å². The van der Waals surface area contributed by atoms with E-state index in [1.807, 2.05) is 0 Å². The van der Waals surface area contributed by atoms with E-state index in [9.17, 15) is 13.6 Å². The molecule has 1 aromatic carbocycles. The number of benzene rings is 1. The number of rotatable bonds is 3. The van der Waals surface area contributed by atoms with Crippen LogP contribution in [0.15, 0.2) is 12.1 Å². The molecule has 1 fully saturated rings. The first-order chi connectivity index (χ1) is 11.9. The van der Waals surface area contributed by atoms with Crippen molar-refractivity contribution in [3.63, 3.8) is 0 Å². The third kappa shape index (κ3) is 3.24. The van der Waals surface area contributed by atoms with E-state index in [2.05, 4.69) is 19.8 Å². The van der Waals surface area contributed by atoms with Gasteiger partial charge >= 0.3 is 6.29 Å². The van der Waals surface area contributed by atoms with Crippen molar-refractivity contribution in [2.24, 2.45) is 11.7 Å². The van der Waals surface area contributed by atoms with Gasteiger partial charge in [0.25, 0.3) is 0 Å². The highest BCUT2D eigenvalue weighted by atomic mass is 32.1. The molecular weight excluding hydrogens is 356 g/mol. The molecular formula is C15H15F2N3O4S. The number of anilines is 1. The number of nitrogens with one attached hydrogen (secondary N) is 1. The molecule has 1 amide bonds. The Labute approximate surface area is 145 Å². The molecule has 0 spiro atoms. The van der Waals surface area contributed by atoms with Gasteiger partial charge in [0.05, 0.1) is 16.3 Å². The van der Waals surface area contributed by atoms with E-state index in [0.29, 0.717) is 28.6 Å². The first-order valence-corrected chi connectivity index (χ1v) is 8.57. The maximum atomic E-state index is 13.1. The lowest BCUT2D eigenvalue weighted by Crippen LogP contribution is -2.43. The molecule has 2 aliphatic rings. The van der Waals surface area contributed by atoms with Crippen molar-refractivity contribution in [2.45, 2.75) is 25.2 Å². The lowest BCUT2D eigenvalue weighted by molar-refractivity contribution is -0.286. The Hall–Kier alpha value is -2.04. The number of hydrogen-bond acceptors (Lipinski definition) is 7. The Balaban J connectivity index is 1.50. The average Bonchev–Trinajstić information content (AvgIpc) is 3.09. The van der Waals surface area contributed by atoms with E-state index in [4.69, 9.17) is 10.5 Å². The number of amides is 1. The predicted octanol–water partition coefficient (Wildman–Crippen LogP) is 2.31. The largest absolute Gasteiger partial charge is 0.586 e. The van der Waals surface area contributed by atoms with E-state index < -0.39 is 12.3 Å². The Morgan fingerprint density at radius 3 is 2.72 bits per heavy atom. The van der Waals surface area contributed by atoms with Crippen LogP contribution in [-0.2, 0) is 9.53 Å². The number of nitrogens with zero attached hydrogens (tertiary/aromatic N) is 1. The zero-order valence-electron chi connectivity index (χ0n) is 13.0. The zero-order chi connectivity index (χ0) is 17.6. The van der Waals surface area contributed by atoms with Crippen LogP contribution in [0.25, 0.3) is 10.2 Å². The first-order valence-electron chi connectivity index (χ1n) is 7.76. The van der Waals surface area contributed by atoms with Crippen LogP contribution in [0.1, 0.15) is 12.8 Å². The van der Waals surface area contributed by atoms with Gasteiger partial charge in [-0.2, -0.15) is 0 Å². The Kier molecular flexibility index (Phi) is 3.97. The number of ether oxygens (including phenoxy) is 3. The van der Waals surface area contributed by atoms with Crippen LogP contribution in [0.2, 0.25) is 0 Å². The standard InChI is InChI=1S/C15H15F2N3O4S/c16-15(17)23-9-5-8-11(6-10(9)24-15)25-14(19-8)20-13(21)12(18)7-1-3-22-4-2-7/h5-7,12H,1-4,18H2,(H,19,20,21). The van der Waals surface area contributed by atoms with Crippen LogP contribution >= 0.6 is 11.3 Å². The fourth-order valence-electron chi connectivity index (χ4n) is 2.90. The number of carbonyl (C=O) groups excluding carboxylic acids is 1. The van der Waals surface area contributed by atoms with Gasteiger partial charge in [-0.25, -0.2) is 4.98 Å². The fraction of sp³-hybridized carbons (Fsp3) is 0.467. The van der Waals surface area contributed by atoms with Gasteiger partial charge in [-0.05, 0) is 18.8 Å². The molecule has 2 aliphatic heterocycles. The summed E-state index contributed by atoms with van der Waals surface area (Å²) in [4.78, 5) is 16.5. The molecule has 134 valence electrons. The highest BCUT2D eigenvalue weighted by Crippen LogP contribution is 2.44. The summed E-state index contributed by atoms with van der Waals surface area (Å²) in [5, 5.41) is 3.04. The van der Waals surface area contributed by atoms with Gasteiger partial charge in [0.15, 0.2) is 16.6 Å². The highest BCUT2D eigenvalue weighted by molar-refractivity contribution is 7.22. The molecule has 1 aromatic heterocycles. The van der Waals surface area contributed by atoms with Crippen molar-refractivity contribution >= 4 is 32.6 Å². The maximum Gasteiger partial charge on any atom is 0.586 e. The van der Waals surface area contributed by atoms with Crippen molar-refractivity contribution in [3.8, 4) is 11.5 Å². The van der Waals surface area contributed by atoms with E-state index in [-0.39, 0.29) is 23.3 Å². The third-order valence-electron chi connectivity index (χ3n) is 4.22. The molecule has 0 aliphatic carbocycles. The third-order valence-corrected chi connectivity index (χ3v) is 5.15. The quantitative estimate of drug-likeness (QED) is 0.860. The average molecular weight is 371 g/mol. The number of alkyl halides is 2. The molecule has 25 heavy (non-hydrogen) atoms. The summed E-state index contributed by atoms with van der Waals surface area (Å²) in [6.07, 6.45) is -2.19. The number of fused-ring (bicyclic) bond motifs is 2. The van der Waals surface area contributed by atoms with Crippen molar-refractivity contribution in [3.05, 3.63) is 12.1 Å². The van der Waals surface area contributed by atoms with Gasteiger partial charge < -0.3 is 25.3 Å². The molecule has 3 N–H and O–H groups in total. The first kappa shape index (κ1) is 16.4. The molecule has 1 unspecified atom stereocenters. The molecule has 0 bridgehead atoms. The summed E-state index contributed by atoms with van der Waals surface area (Å²) in [5.41, 5.74) is 6.46. The normalized spacial score (nSPS) is 20.6. The van der Waals surface area contributed by atoms with Crippen molar-refractivity contribution in [2.75, 3.05) is 18.5 Å². The minimum absolute atomic E-state index is 0.0575. The molecule has 3 heterocycles. The van der Waals surface area contributed by atoms with Crippen molar-refractivity contribution < 1.29 is 27.8 Å². The van der Waals surface area contributed by atoms with E-state index in [1.165, 1.54) is 12.1 Å². The lowest BCUT2D eigenvalue weighted by atomic mass is 9.92. The number of thiazole rings is 1. The smallest absolute Gasteiger partial charge is 0.395 e. The molecule has 0 saturated carbocycles. The fourth-order valence-corrected chi connectivity index (χ4v) is 3.78. The minimum Gasteiger partial charge on any atom is -0.395 e. The summed E-state index contributed by atoms with van der Waals surface area (Å²) >= 11 is 1.15. The Morgan fingerprint density at radius 2 is 2.00 bits per heavy atom. The molecule has 10 heteroatoms. The van der Waals surface area contributed by atoms with Gasteiger partial charge in [0, 0.05) is 25.3 Å². The summed E-state index contributed by atoms with van der Waals surface area (Å²) in [6.45, 7) is 1.20. The topological polar surface area (TPSA) is 95.7 Å². The summed E-state index contributed by atoms with van der Waals surface area (Å²) in [7, 11) is 0. The van der Waals surface area contributed by atoms with Crippen LogP contribution in [0, 0.1) is 5.92 Å². The van der Waals surface area contributed by atoms with Crippen LogP contribution < -0.4 is 20.5 Å². The second-order valence-corrected chi connectivity index (χ2v) is 6.95. The van der Waals surface area contributed by atoms with Crippen molar-refractivity contribution in [1.82, 2.24) is 4.98 Å². The number of aromatic nitrogens is 1. The van der Waals surface area contributed by atoms with Gasteiger partial charge in [0.1, 0.15) is 0 Å². The Bertz CT molecular complexity index is 777. The number of carbonyl (C=O) groups is 1. The SMILES string of the molecule is NC(C(=O)Nc1nc2cc3c(cc2s1)OC(F)(F)O3)C1CCOCC1. The summed E-state index contributed by atoms with van der Waals surface area (Å²) in [6, 6.07) is 2.12. The lowest BCUT2D eigenvalue weighted by Gasteiger charge is -2.26. The predicted molar refractivity (Wildman–Crippen MR) is 86.0 cm³/mol. The van der Waals surface area contributed by atoms with E-state index >= 15 is 0 Å². The monoisotopic (exact) mass is 371 g/mol. The van der Waals surface area contributed by atoms with E-state index in [0.717, 1.165) is 24.2 Å². The Morgan fingerprint density at radius 1 is 1.32 bits per heavy atom. The second kappa shape index (κ2) is 6.04. The summed E-state index contributed by atoms with van der Waals surface area (Å²) in [5.74, 6) is -0.397. The van der Waals surface area contributed by atoms with Crippen LogP contribution in [0.4, 0.5) is 13.9 Å². The molecule has 7 nitrogen and oxygen atoms in total. The number of halogens is 2. The number of hydrogen-bond donors (Lipinski definition) is 2. The highest BCUT2D eigenvalue weighted by Gasteiger charge is 2.43. The molecule has 2 aromatic rings. The van der Waals surface area contributed by atoms with E-state index in [1.54, 1.807) is 0 Å². The molecule has 0 radical (unpaired) electrons. The van der Waals surface area contributed by atoms with Crippen LogP contribution in [0.3, 0.4) is 0 Å². The summed E-state index contributed by atoms with van der Waals surface area (Å²) < 4.78 is 40.8. The van der Waals surface area contributed by atoms with Gasteiger partial charge in [-0.15, -0.1) is 8.78 Å². The van der Waals surface area contributed by atoms with Gasteiger partial charge in [-0.1, -0.05) is 11.3 Å². The second-order valence-electron chi connectivity index (χ2n) is 5.92. The van der Waals surface area contributed by atoms with Gasteiger partial charge in [0.2, 0.25) is 5.91 Å². The molecule has 4 rings (SSSR count). The van der Waals surface area contributed by atoms with Crippen molar-refractivity contribution in [1.29, 1.82) is 0 Å². The molecule has 1 atom stereocenters. The minimum atomic E-state index is -3.67. The zero-order valence-corrected chi connectivity index (χ0v) is 13.8.